The Balaban J connectivity index is 2.71. The summed E-state index contributed by atoms with van der Waals surface area (Å²) in [5.41, 5.74) is 8.26. The van der Waals surface area contributed by atoms with Gasteiger partial charge >= 0.3 is 0 Å². The average Bonchev–Trinajstić information content (AvgIpc) is 2.19. The third-order valence-corrected chi connectivity index (χ3v) is 2.61. The maximum Gasteiger partial charge on any atom is 0.124 e. The van der Waals surface area contributed by atoms with Gasteiger partial charge in [-0.25, -0.2) is 0 Å². The van der Waals surface area contributed by atoms with Crippen LogP contribution in [0.3, 0.4) is 0 Å². The predicted molar refractivity (Wildman–Crippen MR) is 68.7 cm³/mol. The number of benzene rings is 1. The molecule has 0 aliphatic rings. The summed E-state index contributed by atoms with van der Waals surface area (Å²) in [6, 6.07) is 6.22. The van der Waals surface area contributed by atoms with Crippen molar-refractivity contribution in [2.45, 2.75) is 40.2 Å². The number of nitrogens with two attached hydrogens (primary N) is 1. The highest BCUT2D eigenvalue weighted by atomic mass is 16.5. The molecule has 2 N–H and O–H groups in total. The van der Waals surface area contributed by atoms with Crippen LogP contribution in [0.2, 0.25) is 0 Å². The van der Waals surface area contributed by atoms with Crippen molar-refractivity contribution in [3.63, 3.8) is 0 Å². The van der Waals surface area contributed by atoms with Crippen LogP contribution >= 0.6 is 0 Å². The largest absolute Gasteiger partial charge is 0.493 e. The minimum Gasteiger partial charge on any atom is -0.493 e. The molecule has 1 aromatic carbocycles. The van der Waals surface area contributed by atoms with Gasteiger partial charge < -0.3 is 10.5 Å². The molecule has 0 heterocycles. The lowest BCUT2D eigenvalue weighted by Gasteiger charge is -2.15. The van der Waals surface area contributed by atoms with Crippen molar-refractivity contribution in [2.75, 3.05) is 6.61 Å². The van der Waals surface area contributed by atoms with Gasteiger partial charge in [-0.1, -0.05) is 31.5 Å². The Morgan fingerprint density at radius 2 is 1.94 bits per heavy atom. The molecule has 0 aromatic heterocycles. The fourth-order valence-corrected chi connectivity index (χ4v) is 1.56. The number of hydrogen-bond acceptors (Lipinski definition) is 2. The zero-order valence-electron chi connectivity index (χ0n) is 10.8. The quantitative estimate of drug-likeness (QED) is 0.826. The second-order valence-corrected chi connectivity index (χ2v) is 4.86. The number of hydrogen-bond donors (Lipinski definition) is 1. The van der Waals surface area contributed by atoms with Gasteiger partial charge in [0.2, 0.25) is 0 Å². The molecule has 1 atom stereocenters. The van der Waals surface area contributed by atoms with Crippen LogP contribution in [0.1, 0.15) is 44.4 Å². The smallest absolute Gasteiger partial charge is 0.124 e. The fourth-order valence-electron chi connectivity index (χ4n) is 1.56. The van der Waals surface area contributed by atoms with Crippen LogP contribution in [0, 0.1) is 12.8 Å². The van der Waals surface area contributed by atoms with Crippen LogP contribution in [-0.4, -0.2) is 6.61 Å². The molecule has 0 saturated carbocycles. The molecule has 0 fully saturated rings. The number of aryl methyl sites for hydroxylation is 1. The van der Waals surface area contributed by atoms with Crippen molar-refractivity contribution in [3.05, 3.63) is 29.3 Å². The van der Waals surface area contributed by atoms with Crippen molar-refractivity contribution in [2.24, 2.45) is 11.7 Å². The first kappa shape index (κ1) is 13.0. The SMILES string of the molecule is Cc1ccc(OCCC(C)C)c([C@@H](C)N)c1. The van der Waals surface area contributed by atoms with E-state index < -0.39 is 0 Å². The van der Waals surface area contributed by atoms with Crippen molar-refractivity contribution < 1.29 is 4.74 Å². The molecular weight excluding hydrogens is 198 g/mol. The molecule has 0 spiro atoms. The number of ether oxygens (including phenoxy) is 1. The lowest BCUT2D eigenvalue weighted by molar-refractivity contribution is 0.285. The summed E-state index contributed by atoms with van der Waals surface area (Å²) in [7, 11) is 0. The van der Waals surface area contributed by atoms with Gasteiger partial charge in [-0.15, -0.1) is 0 Å². The van der Waals surface area contributed by atoms with Crippen LogP contribution in [-0.2, 0) is 0 Å². The minimum atomic E-state index is 0.0222. The molecule has 90 valence electrons. The summed E-state index contributed by atoms with van der Waals surface area (Å²) in [6.45, 7) is 9.23. The molecule has 0 saturated heterocycles. The molecule has 1 rings (SSSR count). The Kier molecular flexibility index (Phi) is 4.81. The highest BCUT2D eigenvalue weighted by Gasteiger charge is 2.08. The van der Waals surface area contributed by atoms with Crippen LogP contribution in [0.4, 0.5) is 0 Å². The van der Waals surface area contributed by atoms with E-state index in [1.807, 2.05) is 13.0 Å². The van der Waals surface area contributed by atoms with Crippen LogP contribution in [0.25, 0.3) is 0 Å². The van der Waals surface area contributed by atoms with E-state index in [1.54, 1.807) is 0 Å². The Morgan fingerprint density at radius 1 is 1.25 bits per heavy atom. The Labute approximate surface area is 98.8 Å². The highest BCUT2D eigenvalue weighted by molar-refractivity contribution is 5.38. The molecule has 16 heavy (non-hydrogen) atoms. The van der Waals surface area contributed by atoms with Gasteiger partial charge in [-0.3, -0.25) is 0 Å². The second-order valence-electron chi connectivity index (χ2n) is 4.86. The van der Waals surface area contributed by atoms with E-state index in [9.17, 15) is 0 Å². The number of rotatable bonds is 5. The Bertz CT molecular complexity index is 332. The standard InChI is InChI=1S/C14H23NO/c1-10(2)7-8-16-14-6-5-11(3)9-13(14)12(4)15/h5-6,9-10,12H,7-8,15H2,1-4H3/t12-/m1/s1. The van der Waals surface area contributed by atoms with Gasteiger partial charge in [0.15, 0.2) is 0 Å². The van der Waals surface area contributed by atoms with Crippen LogP contribution < -0.4 is 10.5 Å². The van der Waals surface area contributed by atoms with Gasteiger partial charge in [0, 0.05) is 11.6 Å². The van der Waals surface area contributed by atoms with Crippen molar-refractivity contribution >= 4 is 0 Å². The third-order valence-electron chi connectivity index (χ3n) is 2.61. The molecule has 2 heteroatoms. The molecule has 0 bridgehead atoms. The van der Waals surface area contributed by atoms with E-state index in [1.165, 1.54) is 5.56 Å². The highest BCUT2D eigenvalue weighted by Crippen LogP contribution is 2.25. The van der Waals surface area contributed by atoms with E-state index in [4.69, 9.17) is 10.5 Å². The minimum absolute atomic E-state index is 0.0222. The van der Waals surface area contributed by atoms with E-state index in [0.717, 1.165) is 24.3 Å². The van der Waals surface area contributed by atoms with E-state index >= 15 is 0 Å². The average molecular weight is 221 g/mol. The molecule has 2 nitrogen and oxygen atoms in total. The molecule has 0 aliphatic carbocycles. The van der Waals surface area contributed by atoms with Gasteiger partial charge in [-0.2, -0.15) is 0 Å². The molecule has 1 aromatic rings. The molecule has 0 radical (unpaired) electrons. The van der Waals surface area contributed by atoms with Gasteiger partial charge in [-0.05, 0) is 32.3 Å². The van der Waals surface area contributed by atoms with Crippen LogP contribution in [0.5, 0.6) is 5.75 Å². The summed E-state index contributed by atoms with van der Waals surface area (Å²) in [6.07, 6.45) is 1.08. The maximum absolute atomic E-state index is 5.93. The normalized spacial score (nSPS) is 12.9. The van der Waals surface area contributed by atoms with Gasteiger partial charge in [0.05, 0.1) is 6.61 Å². The summed E-state index contributed by atoms with van der Waals surface area (Å²) in [5.74, 6) is 1.60. The fraction of sp³-hybridized carbons (Fsp3) is 0.571. The van der Waals surface area contributed by atoms with E-state index in [2.05, 4.69) is 32.9 Å². The maximum atomic E-state index is 5.93. The summed E-state index contributed by atoms with van der Waals surface area (Å²) < 4.78 is 5.78. The second kappa shape index (κ2) is 5.90. The molecule has 0 unspecified atom stereocenters. The summed E-state index contributed by atoms with van der Waals surface area (Å²) in [5, 5.41) is 0. The van der Waals surface area contributed by atoms with Gasteiger partial charge in [0.25, 0.3) is 0 Å². The first-order valence-electron chi connectivity index (χ1n) is 5.99. The molecule has 0 aliphatic heterocycles. The summed E-state index contributed by atoms with van der Waals surface area (Å²) >= 11 is 0. The van der Waals surface area contributed by atoms with Crippen molar-refractivity contribution in [1.82, 2.24) is 0 Å². The van der Waals surface area contributed by atoms with Crippen molar-refractivity contribution in [1.29, 1.82) is 0 Å². The first-order valence-corrected chi connectivity index (χ1v) is 5.99. The lowest BCUT2D eigenvalue weighted by atomic mass is 10.1. The monoisotopic (exact) mass is 221 g/mol. The topological polar surface area (TPSA) is 35.2 Å². The van der Waals surface area contributed by atoms with Crippen molar-refractivity contribution in [3.8, 4) is 5.75 Å². The Hall–Kier alpha value is -1.02. The first-order chi connectivity index (χ1) is 7.50. The zero-order valence-corrected chi connectivity index (χ0v) is 10.8. The zero-order chi connectivity index (χ0) is 12.1. The van der Waals surface area contributed by atoms with E-state index in [0.29, 0.717) is 5.92 Å². The van der Waals surface area contributed by atoms with Gasteiger partial charge in [0.1, 0.15) is 5.75 Å². The molecular formula is C14H23NO. The predicted octanol–water partition coefficient (Wildman–Crippen LogP) is 3.44. The van der Waals surface area contributed by atoms with E-state index in [-0.39, 0.29) is 6.04 Å². The lowest BCUT2D eigenvalue weighted by Crippen LogP contribution is -2.09. The summed E-state index contributed by atoms with van der Waals surface area (Å²) in [4.78, 5) is 0. The van der Waals surface area contributed by atoms with Crippen LogP contribution in [0.15, 0.2) is 18.2 Å². The molecule has 0 amide bonds. The Morgan fingerprint density at radius 3 is 2.50 bits per heavy atom. The third kappa shape index (κ3) is 3.86.